The monoisotopic (exact) mass is 355 g/mol. The summed E-state index contributed by atoms with van der Waals surface area (Å²) in [5, 5.41) is 12.6. The average molecular weight is 355 g/mol. The first-order valence-corrected chi connectivity index (χ1v) is 9.04. The Morgan fingerprint density at radius 2 is 1.74 bits per heavy atom. The number of aliphatic hydroxyl groups excluding tert-OH is 1. The Morgan fingerprint density at radius 1 is 0.963 bits per heavy atom. The van der Waals surface area contributed by atoms with Crippen molar-refractivity contribution in [2.24, 2.45) is 0 Å². The van der Waals surface area contributed by atoms with Gasteiger partial charge in [-0.05, 0) is 59.4 Å². The minimum absolute atomic E-state index is 0.0192. The Hall–Kier alpha value is -3.17. The average Bonchev–Trinajstić information content (AvgIpc) is 2.68. The van der Waals surface area contributed by atoms with Crippen LogP contribution in [0.25, 0.3) is 5.57 Å². The van der Waals surface area contributed by atoms with Crippen molar-refractivity contribution >= 4 is 22.7 Å². The van der Waals surface area contributed by atoms with Crippen molar-refractivity contribution in [1.82, 2.24) is 0 Å². The van der Waals surface area contributed by atoms with Crippen molar-refractivity contribution in [3.63, 3.8) is 0 Å². The van der Waals surface area contributed by atoms with E-state index in [0.29, 0.717) is 17.5 Å². The number of fused-ring (bicyclic) bond motifs is 2. The molecule has 3 aromatic carbocycles. The Labute approximate surface area is 159 Å². The predicted octanol–water partition coefficient (Wildman–Crippen LogP) is 4.88. The fourth-order valence-corrected chi connectivity index (χ4v) is 3.74. The molecule has 27 heavy (non-hydrogen) atoms. The number of carbonyl (C=O) groups is 1. The lowest BCUT2D eigenvalue weighted by Gasteiger charge is -2.25. The van der Waals surface area contributed by atoms with Crippen LogP contribution in [0.5, 0.6) is 0 Å². The number of hydrogen-bond donors (Lipinski definition) is 2. The molecule has 0 atom stereocenters. The minimum Gasteiger partial charge on any atom is -0.396 e. The normalized spacial score (nSPS) is 12.5. The molecule has 0 unspecified atom stereocenters. The quantitative estimate of drug-likeness (QED) is 0.548. The van der Waals surface area contributed by atoms with Gasteiger partial charge in [-0.2, -0.15) is 0 Å². The van der Waals surface area contributed by atoms with Gasteiger partial charge in [-0.3, -0.25) is 4.79 Å². The maximum absolute atomic E-state index is 13.3. The third-order valence-corrected chi connectivity index (χ3v) is 5.05. The summed E-state index contributed by atoms with van der Waals surface area (Å²) in [5.41, 5.74) is 7.82. The molecule has 0 aliphatic heterocycles. The second-order valence-corrected chi connectivity index (χ2v) is 6.83. The van der Waals surface area contributed by atoms with Crippen LogP contribution in [-0.4, -0.2) is 17.5 Å². The van der Waals surface area contributed by atoms with Gasteiger partial charge in [-0.15, -0.1) is 0 Å². The van der Waals surface area contributed by atoms with E-state index in [4.69, 9.17) is 0 Å². The van der Waals surface area contributed by atoms with Gasteiger partial charge in [-0.1, -0.05) is 49.0 Å². The Balaban J connectivity index is 1.82. The highest BCUT2D eigenvalue weighted by Crippen LogP contribution is 2.40. The molecule has 0 saturated carbocycles. The topological polar surface area (TPSA) is 49.3 Å². The summed E-state index contributed by atoms with van der Waals surface area (Å²) in [6.45, 7) is 6.39. The number of aryl methyl sites for hydroxylation is 1. The highest BCUT2D eigenvalue weighted by Gasteiger charge is 2.29. The van der Waals surface area contributed by atoms with Crippen LogP contribution in [0, 0.1) is 6.92 Å². The van der Waals surface area contributed by atoms with Gasteiger partial charge in [0.25, 0.3) is 0 Å². The molecule has 0 fully saturated rings. The molecule has 3 heteroatoms. The van der Waals surface area contributed by atoms with Gasteiger partial charge in [-0.25, -0.2) is 0 Å². The molecule has 1 aliphatic rings. The molecule has 0 radical (unpaired) electrons. The standard InChI is InChI=1S/C24H21NO2/c1-15-10-11-21(25-18-7-5-6-17(14-18)12-13-26)23-22(15)16(2)19-8-3-4-9-20(19)24(23)27/h3-11,14,25-26H,2,12-13H2,1H3. The Morgan fingerprint density at radius 3 is 2.52 bits per heavy atom. The van der Waals surface area contributed by atoms with Crippen molar-refractivity contribution in [1.29, 1.82) is 0 Å². The molecule has 4 rings (SSSR count). The summed E-state index contributed by atoms with van der Waals surface area (Å²) in [6.07, 6.45) is 0.602. The third-order valence-electron chi connectivity index (χ3n) is 5.05. The number of hydrogen-bond acceptors (Lipinski definition) is 3. The molecule has 3 nitrogen and oxygen atoms in total. The molecule has 0 heterocycles. The van der Waals surface area contributed by atoms with Crippen molar-refractivity contribution < 1.29 is 9.90 Å². The summed E-state index contributed by atoms with van der Waals surface area (Å²) in [4.78, 5) is 13.3. The fraction of sp³-hybridized carbons (Fsp3) is 0.125. The van der Waals surface area contributed by atoms with E-state index in [0.717, 1.165) is 39.2 Å². The summed E-state index contributed by atoms with van der Waals surface area (Å²) >= 11 is 0. The van der Waals surface area contributed by atoms with E-state index >= 15 is 0 Å². The van der Waals surface area contributed by atoms with Gasteiger partial charge < -0.3 is 10.4 Å². The lowest BCUT2D eigenvalue weighted by molar-refractivity contribution is 0.103. The van der Waals surface area contributed by atoms with Crippen LogP contribution in [-0.2, 0) is 6.42 Å². The molecular weight excluding hydrogens is 334 g/mol. The first-order valence-electron chi connectivity index (χ1n) is 9.04. The third kappa shape index (κ3) is 2.96. The Bertz CT molecular complexity index is 1070. The number of ketones is 1. The van der Waals surface area contributed by atoms with Crippen LogP contribution in [0.3, 0.4) is 0 Å². The zero-order valence-electron chi connectivity index (χ0n) is 15.3. The molecule has 0 bridgehead atoms. The van der Waals surface area contributed by atoms with E-state index in [1.807, 2.05) is 67.6 Å². The smallest absolute Gasteiger partial charge is 0.196 e. The van der Waals surface area contributed by atoms with Gasteiger partial charge in [0.15, 0.2) is 5.78 Å². The Kier molecular flexibility index (Phi) is 4.38. The second-order valence-electron chi connectivity index (χ2n) is 6.83. The number of carbonyl (C=O) groups excluding carboxylic acids is 1. The van der Waals surface area contributed by atoms with E-state index in [-0.39, 0.29) is 12.4 Å². The fourth-order valence-electron chi connectivity index (χ4n) is 3.74. The van der Waals surface area contributed by atoms with E-state index in [1.165, 1.54) is 0 Å². The highest BCUT2D eigenvalue weighted by molar-refractivity contribution is 6.21. The summed E-state index contributed by atoms with van der Waals surface area (Å²) < 4.78 is 0. The van der Waals surface area contributed by atoms with E-state index in [2.05, 4.69) is 11.9 Å². The van der Waals surface area contributed by atoms with Crippen LogP contribution in [0.15, 0.2) is 67.2 Å². The molecular formula is C24H21NO2. The van der Waals surface area contributed by atoms with E-state index in [1.54, 1.807) is 0 Å². The molecule has 2 N–H and O–H groups in total. The van der Waals surface area contributed by atoms with Crippen LogP contribution in [0.1, 0.15) is 38.2 Å². The van der Waals surface area contributed by atoms with Crippen molar-refractivity contribution in [3.8, 4) is 0 Å². The molecule has 0 amide bonds. The second kappa shape index (κ2) is 6.86. The van der Waals surface area contributed by atoms with Crippen molar-refractivity contribution in [2.45, 2.75) is 13.3 Å². The van der Waals surface area contributed by atoms with Crippen LogP contribution in [0.2, 0.25) is 0 Å². The van der Waals surface area contributed by atoms with Gasteiger partial charge in [0.05, 0.1) is 11.3 Å². The largest absolute Gasteiger partial charge is 0.396 e. The molecule has 134 valence electrons. The molecule has 0 aromatic heterocycles. The number of benzene rings is 3. The van der Waals surface area contributed by atoms with Gasteiger partial charge >= 0.3 is 0 Å². The summed E-state index contributed by atoms with van der Waals surface area (Å²) in [5.74, 6) is 0.0192. The molecule has 0 spiro atoms. The van der Waals surface area contributed by atoms with E-state index < -0.39 is 0 Å². The maximum atomic E-state index is 13.3. The predicted molar refractivity (Wildman–Crippen MR) is 110 cm³/mol. The molecule has 0 saturated heterocycles. The van der Waals surface area contributed by atoms with Gasteiger partial charge in [0.2, 0.25) is 0 Å². The van der Waals surface area contributed by atoms with Crippen LogP contribution >= 0.6 is 0 Å². The van der Waals surface area contributed by atoms with Crippen LogP contribution < -0.4 is 5.32 Å². The number of nitrogens with one attached hydrogen (secondary N) is 1. The van der Waals surface area contributed by atoms with Gasteiger partial charge in [0, 0.05) is 17.9 Å². The van der Waals surface area contributed by atoms with Crippen LogP contribution in [0.4, 0.5) is 11.4 Å². The lowest BCUT2D eigenvalue weighted by Crippen LogP contribution is -2.17. The number of anilines is 2. The first kappa shape index (κ1) is 17.3. The van der Waals surface area contributed by atoms with Crippen molar-refractivity contribution in [3.05, 3.63) is 101 Å². The molecule has 1 aliphatic carbocycles. The number of aliphatic hydroxyl groups is 1. The zero-order chi connectivity index (χ0) is 19.0. The zero-order valence-corrected chi connectivity index (χ0v) is 15.3. The lowest BCUT2D eigenvalue weighted by atomic mass is 9.79. The number of rotatable bonds is 4. The maximum Gasteiger partial charge on any atom is 0.196 e. The summed E-state index contributed by atoms with van der Waals surface area (Å²) in [6, 6.07) is 19.5. The highest BCUT2D eigenvalue weighted by atomic mass is 16.2. The minimum atomic E-state index is 0.0192. The van der Waals surface area contributed by atoms with Gasteiger partial charge in [0.1, 0.15) is 0 Å². The molecule has 3 aromatic rings. The summed E-state index contributed by atoms with van der Waals surface area (Å²) in [7, 11) is 0. The first-order chi connectivity index (χ1) is 13.1. The SMILES string of the molecule is C=C1c2ccccc2C(=O)c2c(Nc3cccc(CCO)c3)ccc(C)c21. The van der Waals surface area contributed by atoms with E-state index in [9.17, 15) is 9.90 Å². The van der Waals surface area contributed by atoms with Crippen molar-refractivity contribution in [2.75, 3.05) is 11.9 Å².